The van der Waals surface area contributed by atoms with Crippen LogP contribution in [0.4, 0.5) is 9.52 Å². The van der Waals surface area contributed by atoms with Crippen LogP contribution in [0.1, 0.15) is 6.42 Å². The first-order valence-electron chi connectivity index (χ1n) is 6.09. The van der Waals surface area contributed by atoms with Gasteiger partial charge in [-0.1, -0.05) is 11.3 Å². The van der Waals surface area contributed by atoms with Crippen LogP contribution in [-0.4, -0.2) is 21.3 Å². The van der Waals surface area contributed by atoms with Gasteiger partial charge in [-0.3, -0.25) is 4.68 Å². The molecular formula is C13H13FN4S. The van der Waals surface area contributed by atoms with Crippen molar-refractivity contribution in [3.8, 4) is 0 Å². The third-order valence-electron chi connectivity index (χ3n) is 2.75. The Kier molecular flexibility index (Phi) is 3.41. The summed E-state index contributed by atoms with van der Waals surface area (Å²) in [4.78, 5) is 4.41. The minimum atomic E-state index is -0.221. The summed E-state index contributed by atoms with van der Waals surface area (Å²) in [5, 5.41) is 8.23. The Morgan fingerprint density at radius 1 is 1.37 bits per heavy atom. The number of nitrogens with one attached hydrogen (secondary N) is 1. The molecule has 2 aromatic heterocycles. The Labute approximate surface area is 113 Å². The van der Waals surface area contributed by atoms with Gasteiger partial charge in [0.05, 0.1) is 10.2 Å². The van der Waals surface area contributed by atoms with Gasteiger partial charge in [0.25, 0.3) is 0 Å². The van der Waals surface area contributed by atoms with Crippen molar-refractivity contribution < 1.29 is 4.39 Å². The molecule has 0 atom stereocenters. The third kappa shape index (κ3) is 2.90. The maximum absolute atomic E-state index is 13.1. The van der Waals surface area contributed by atoms with Crippen LogP contribution in [0.25, 0.3) is 10.2 Å². The van der Waals surface area contributed by atoms with Gasteiger partial charge >= 0.3 is 0 Å². The maximum atomic E-state index is 13.1. The van der Waals surface area contributed by atoms with Crippen LogP contribution >= 0.6 is 11.3 Å². The van der Waals surface area contributed by atoms with Crippen LogP contribution in [0.3, 0.4) is 0 Å². The van der Waals surface area contributed by atoms with E-state index in [9.17, 15) is 4.39 Å². The first-order valence-corrected chi connectivity index (χ1v) is 6.90. The summed E-state index contributed by atoms with van der Waals surface area (Å²) in [5.74, 6) is -0.221. The van der Waals surface area contributed by atoms with Gasteiger partial charge in [-0.25, -0.2) is 9.37 Å². The van der Waals surface area contributed by atoms with Gasteiger partial charge in [0.15, 0.2) is 5.13 Å². The van der Waals surface area contributed by atoms with E-state index in [-0.39, 0.29) is 5.82 Å². The minimum absolute atomic E-state index is 0.221. The average molecular weight is 276 g/mol. The highest BCUT2D eigenvalue weighted by atomic mass is 32.1. The summed E-state index contributed by atoms with van der Waals surface area (Å²) >= 11 is 1.47. The molecule has 0 bridgehead atoms. The SMILES string of the molecule is Fc1ccc2nc(NCCCn3cccn3)sc2c1. The van der Waals surface area contributed by atoms with Crippen molar-refractivity contribution in [2.24, 2.45) is 0 Å². The van der Waals surface area contributed by atoms with Crippen molar-refractivity contribution in [3.05, 3.63) is 42.5 Å². The van der Waals surface area contributed by atoms with Gasteiger partial charge in [0.1, 0.15) is 5.82 Å². The van der Waals surface area contributed by atoms with E-state index in [1.54, 1.807) is 12.3 Å². The number of fused-ring (bicyclic) bond motifs is 1. The Hall–Kier alpha value is -1.95. The van der Waals surface area contributed by atoms with E-state index in [2.05, 4.69) is 15.4 Å². The predicted octanol–water partition coefficient (Wildman–Crippen LogP) is 3.13. The molecule has 4 nitrogen and oxygen atoms in total. The molecule has 0 saturated carbocycles. The topological polar surface area (TPSA) is 42.7 Å². The number of halogens is 1. The lowest BCUT2D eigenvalue weighted by atomic mass is 10.3. The number of aryl methyl sites for hydroxylation is 1. The number of benzene rings is 1. The molecule has 6 heteroatoms. The van der Waals surface area contributed by atoms with Gasteiger partial charge in [-0.2, -0.15) is 5.10 Å². The molecule has 0 fully saturated rings. The van der Waals surface area contributed by atoms with E-state index in [1.165, 1.54) is 23.5 Å². The molecule has 1 aromatic carbocycles. The van der Waals surface area contributed by atoms with Crippen LogP contribution < -0.4 is 5.32 Å². The molecule has 0 spiro atoms. The molecule has 0 saturated heterocycles. The lowest BCUT2D eigenvalue weighted by Gasteiger charge is -2.02. The molecule has 1 N–H and O–H groups in total. The molecule has 0 aliphatic heterocycles. The van der Waals surface area contributed by atoms with Gasteiger partial charge in [-0.05, 0) is 30.7 Å². The molecule has 19 heavy (non-hydrogen) atoms. The normalized spacial score (nSPS) is 11.0. The zero-order chi connectivity index (χ0) is 13.1. The van der Waals surface area contributed by atoms with Crippen LogP contribution in [0.2, 0.25) is 0 Å². The van der Waals surface area contributed by atoms with Crippen LogP contribution in [0.15, 0.2) is 36.7 Å². The third-order valence-corrected chi connectivity index (χ3v) is 3.73. The predicted molar refractivity (Wildman–Crippen MR) is 74.9 cm³/mol. The van der Waals surface area contributed by atoms with E-state index >= 15 is 0 Å². The molecule has 0 aliphatic rings. The summed E-state index contributed by atoms with van der Waals surface area (Å²) < 4.78 is 15.8. The second-order valence-corrected chi connectivity index (χ2v) is 5.21. The standard InChI is InChI=1S/C13H13FN4S/c14-10-3-4-11-12(9-10)19-13(17-11)15-5-1-7-18-8-2-6-16-18/h2-4,6,8-9H,1,5,7H2,(H,15,17). The van der Waals surface area contributed by atoms with E-state index in [0.717, 1.165) is 34.9 Å². The Balaban J connectivity index is 1.56. The van der Waals surface area contributed by atoms with Gasteiger partial charge in [-0.15, -0.1) is 0 Å². The van der Waals surface area contributed by atoms with E-state index in [0.29, 0.717) is 0 Å². The van der Waals surface area contributed by atoms with Crippen molar-refractivity contribution in [3.63, 3.8) is 0 Å². The molecule has 3 rings (SSSR count). The molecule has 0 unspecified atom stereocenters. The molecule has 0 radical (unpaired) electrons. The Morgan fingerprint density at radius 3 is 3.16 bits per heavy atom. The second kappa shape index (κ2) is 5.36. The van der Waals surface area contributed by atoms with Gasteiger partial charge in [0, 0.05) is 25.5 Å². The van der Waals surface area contributed by atoms with Gasteiger partial charge < -0.3 is 5.32 Å². The van der Waals surface area contributed by atoms with Crippen molar-refractivity contribution in [2.75, 3.05) is 11.9 Å². The monoisotopic (exact) mass is 276 g/mol. The largest absolute Gasteiger partial charge is 0.361 e. The molecular weight excluding hydrogens is 263 g/mol. The van der Waals surface area contributed by atoms with E-state index in [4.69, 9.17) is 0 Å². The van der Waals surface area contributed by atoms with E-state index in [1.807, 2.05) is 16.9 Å². The van der Waals surface area contributed by atoms with Gasteiger partial charge in [0.2, 0.25) is 0 Å². The lowest BCUT2D eigenvalue weighted by molar-refractivity contribution is 0.592. The average Bonchev–Trinajstić information content (AvgIpc) is 3.02. The molecule has 3 aromatic rings. The number of thiazole rings is 1. The van der Waals surface area contributed by atoms with E-state index < -0.39 is 0 Å². The number of hydrogen-bond acceptors (Lipinski definition) is 4. The summed E-state index contributed by atoms with van der Waals surface area (Å²) in [5.41, 5.74) is 0.834. The highest BCUT2D eigenvalue weighted by molar-refractivity contribution is 7.22. The maximum Gasteiger partial charge on any atom is 0.183 e. The zero-order valence-corrected chi connectivity index (χ0v) is 11.0. The first kappa shape index (κ1) is 12.1. The fourth-order valence-electron chi connectivity index (χ4n) is 1.84. The Bertz CT molecular complexity index is 662. The summed E-state index contributed by atoms with van der Waals surface area (Å²) in [6.07, 6.45) is 4.68. The van der Waals surface area contributed by atoms with Crippen LogP contribution in [0.5, 0.6) is 0 Å². The zero-order valence-electron chi connectivity index (χ0n) is 10.2. The fourth-order valence-corrected chi connectivity index (χ4v) is 2.76. The molecule has 0 amide bonds. The second-order valence-electron chi connectivity index (χ2n) is 4.18. The fraction of sp³-hybridized carbons (Fsp3) is 0.231. The molecule has 98 valence electrons. The molecule has 2 heterocycles. The number of aromatic nitrogens is 3. The van der Waals surface area contributed by atoms with Crippen molar-refractivity contribution in [1.82, 2.24) is 14.8 Å². The molecule has 0 aliphatic carbocycles. The number of anilines is 1. The van der Waals surface area contributed by atoms with Crippen LogP contribution in [0, 0.1) is 5.82 Å². The summed E-state index contributed by atoms with van der Waals surface area (Å²) in [6.45, 7) is 1.70. The lowest BCUT2D eigenvalue weighted by Crippen LogP contribution is -2.06. The summed E-state index contributed by atoms with van der Waals surface area (Å²) in [7, 11) is 0. The highest BCUT2D eigenvalue weighted by Gasteiger charge is 2.04. The first-order chi connectivity index (χ1) is 9.31. The van der Waals surface area contributed by atoms with Crippen LogP contribution in [-0.2, 0) is 6.54 Å². The van der Waals surface area contributed by atoms with Crippen molar-refractivity contribution >= 4 is 26.7 Å². The number of hydrogen-bond donors (Lipinski definition) is 1. The Morgan fingerprint density at radius 2 is 2.32 bits per heavy atom. The highest BCUT2D eigenvalue weighted by Crippen LogP contribution is 2.26. The minimum Gasteiger partial charge on any atom is -0.361 e. The summed E-state index contributed by atoms with van der Waals surface area (Å²) in [6, 6.07) is 6.57. The number of nitrogens with zero attached hydrogens (tertiary/aromatic N) is 3. The quantitative estimate of drug-likeness (QED) is 0.728. The van der Waals surface area contributed by atoms with Crippen molar-refractivity contribution in [2.45, 2.75) is 13.0 Å². The van der Waals surface area contributed by atoms with Crippen molar-refractivity contribution in [1.29, 1.82) is 0 Å². The smallest absolute Gasteiger partial charge is 0.183 e. The number of rotatable bonds is 5.